The maximum atomic E-state index is 12.8. The van der Waals surface area contributed by atoms with E-state index >= 15 is 0 Å². The lowest BCUT2D eigenvalue weighted by atomic mass is 9.85. The van der Waals surface area contributed by atoms with Crippen LogP contribution in [0.15, 0.2) is 60.8 Å². The zero-order chi connectivity index (χ0) is 43.6. The van der Waals surface area contributed by atoms with E-state index in [1.54, 1.807) is 0 Å². The minimum Gasteiger partial charge on any atom is -0.462 e. The molecular formula is C45H77O13P. The summed E-state index contributed by atoms with van der Waals surface area (Å²) in [5, 5.41) is 50.1. The van der Waals surface area contributed by atoms with Crippen molar-refractivity contribution in [1.29, 1.82) is 0 Å². The second-order valence-corrected chi connectivity index (χ2v) is 16.7. The Hall–Kier alpha value is -2.45. The van der Waals surface area contributed by atoms with Gasteiger partial charge in [-0.05, 0) is 57.8 Å². The molecule has 13 nitrogen and oxygen atoms in total. The van der Waals surface area contributed by atoms with Gasteiger partial charge < -0.3 is 39.9 Å². The molecule has 0 radical (unpaired) electrons. The van der Waals surface area contributed by atoms with Crippen LogP contribution < -0.4 is 0 Å². The lowest BCUT2D eigenvalue weighted by Crippen LogP contribution is -2.64. The van der Waals surface area contributed by atoms with E-state index in [4.69, 9.17) is 18.5 Å². The summed E-state index contributed by atoms with van der Waals surface area (Å²) >= 11 is 0. The van der Waals surface area contributed by atoms with Gasteiger partial charge in [0, 0.05) is 12.8 Å². The van der Waals surface area contributed by atoms with E-state index in [1.807, 2.05) is 42.5 Å². The summed E-state index contributed by atoms with van der Waals surface area (Å²) in [6.07, 6.45) is 28.6. The lowest BCUT2D eigenvalue weighted by Gasteiger charge is -2.41. The predicted octanol–water partition coefficient (Wildman–Crippen LogP) is 8.16. The molecule has 1 rings (SSSR count). The Morgan fingerprint density at radius 3 is 1.54 bits per heavy atom. The van der Waals surface area contributed by atoms with E-state index in [0.29, 0.717) is 12.8 Å². The molecule has 1 saturated carbocycles. The minimum atomic E-state index is -5.13. The number of carbonyl (C=O) groups excluding carboxylic acids is 2. The van der Waals surface area contributed by atoms with Gasteiger partial charge in [0.2, 0.25) is 0 Å². The van der Waals surface area contributed by atoms with Gasteiger partial charge in [-0.3, -0.25) is 18.6 Å². The summed E-state index contributed by atoms with van der Waals surface area (Å²) in [7, 11) is -5.13. The number of rotatable bonds is 35. The molecular weight excluding hydrogens is 779 g/mol. The van der Waals surface area contributed by atoms with Crippen molar-refractivity contribution in [3.05, 3.63) is 60.8 Å². The minimum absolute atomic E-state index is 0.0476. The molecule has 1 aliphatic rings. The Kier molecular flexibility index (Phi) is 32.5. The van der Waals surface area contributed by atoms with Crippen LogP contribution in [-0.2, 0) is 32.7 Å². The van der Waals surface area contributed by atoms with Gasteiger partial charge in [0.05, 0.1) is 6.61 Å². The molecule has 0 amide bonds. The maximum absolute atomic E-state index is 12.8. The molecule has 0 heterocycles. The summed E-state index contributed by atoms with van der Waals surface area (Å²) in [6, 6.07) is 0. The van der Waals surface area contributed by atoms with Crippen LogP contribution in [-0.4, -0.2) is 98.3 Å². The van der Waals surface area contributed by atoms with Gasteiger partial charge in [-0.15, -0.1) is 0 Å². The molecule has 1 aliphatic carbocycles. The molecule has 0 saturated heterocycles. The molecule has 0 aliphatic heterocycles. The van der Waals surface area contributed by atoms with Crippen molar-refractivity contribution in [1.82, 2.24) is 0 Å². The van der Waals surface area contributed by atoms with E-state index in [2.05, 4.69) is 32.1 Å². The fourth-order valence-electron chi connectivity index (χ4n) is 6.35. The van der Waals surface area contributed by atoms with Crippen molar-refractivity contribution in [2.45, 2.75) is 198 Å². The van der Waals surface area contributed by atoms with Crippen molar-refractivity contribution in [3.8, 4) is 0 Å². The second-order valence-electron chi connectivity index (χ2n) is 15.3. The largest absolute Gasteiger partial charge is 0.472 e. The number of hydrogen-bond acceptors (Lipinski definition) is 12. The highest BCUT2D eigenvalue weighted by molar-refractivity contribution is 7.47. The van der Waals surface area contributed by atoms with Crippen LogP contribution in [0.3, 0.4) is 0 Å². The standard InChI is InChI=1S/C45H77O13P/c1-3-5-7-9-11-13-15-17-18-19-20-22-23-25-27-29-31-33-38(46)55-35-37(36-56-59(53,54)58-45-43(51)41(49)40(48)42(50)44(45)52)57-39(47)34-32-30-28-26-24-21-16-14-12-10-8-6-4-2/h6,8,10,12,14,16-18,21,24,37,40-45,48-52H,3-5,7,9,11,13,15,19-20,22-23,25-36H2,1-2H3,(H,53,54)/b8-6+,12-10+,16-14+,18-17+,24-21+/t37?,40?,41-,42?,43?,44?,45?/m0/s1. The van der Waals surface area contributed by atoms with E-state index in [-0.39, 0.29) is 12.8 Å². The number of phosphoric ester groups is 1. The van der Waals surface area contributed by atoms with E-state index in [9.17, 15) is 44.6 Å². The molecule has 14 heteroatoms. The average Bonchev–Trinajstić information content (AvgIpc) is 3.21. The Morgan fingerprint density at radius 1 is 0.542 bits per heavy atom. The Labute approximate surface area is 353 Å². The molecule has 0 aromatic rings. The Balaban J connectivity index is 2.50. The van der Waals surface area contributed by atoms with Gasteiger partial charge in [-0.1, -0.05) is 145 Å². The number of allylic oxidation sites excluding steroid dienone is 10. The summed E-state index contributed by atoms with van der Waals surface area (Å²) in [4.78, 5) is 35.6. The number of unbranched alkanes of at least 4 members (excludes halogenated alkanes) is 16. The first kappa shape index (κ1) is 54.6. The number of carbonyl (C=O) groups is 2. The topological polar surface area (TPSA) is 210 Å². The molecule has 0 aromatic heterocycles. The van der Waals surface area contributed by atoms with Gasteiger partial charge >= 0.3 is 19.8 Å². The third-order valence-electron chi connectivity index (χ3n) is 9.94. The quantitative estimate of drug-likeness (QED) is 0.0117. The molecule has 0 bridgehead atoms. The summed E-state index contributed by atoms with van der Waals surface area (Å²) in [5.74, 6) is -1.15. The maximum Gasteiger partial charge on any atom is 0.472 e. The highest BCUT2D eigenvalue weighted by atomic mass is 31.2. The molecule has 8 atom stereocenters. The molecule has 6 N–H and O–H groups in total. The van der Waals surface area contributed by atoms with Crippen molar-refractivity contribution >= 4 is 19.8 Å². The van der Waals surface area contributed by atoms with Gasteiger partial charge in [0.25, 0.3) is 0 Å². The van der Waals surface area contributed by atoms with Crippen molar-refractivity contribution in [3.63, 3.8) is 0 Å². The van der Waals surface area contributed by atoms with E-state index in [1.165, 1.54) is 57.8 Å². The van der Waals surface area contributed by atoms with Gasteiger partial charge in [-0.2, -0.15) is 0 Å². The Morgan fingerprint density at radius 2 is 0.983 bits per heavy atom. The third kappa shape index (κ3) is 27.9. The number of ether oxygens (including phenoxy) is 2. The van der Waals surface area contributed by atoms with Crippen molar-refractivity contribution < 1.29 is 63.1 Å². The predicted molar refractivity (Wildman–Crippen MR) is 230 cm³/mol. The smallest absolute Gasteiger partial charge is 0.462 e. The zero-order valence-electron chi connectivity index (χ0n) is 35.8. The number of phosphoric acid groups is 1. The average molecular weight is 857 g/mol. The Bertz CT molecular complexity index is 1270. The van der Waals surface area contributed by atoms with Crippen LogP contribution >= 0.6 is 7.82 Å². The van der Waals surface area contributed by atoms with Crippen LogP contribution in [0.4, 0.5) is 0 Å². The van der Waals surface area contributed by atoms with Crippen molar-refractivity contribution in [2.24, 2.45) is 0 Å². The lowest BCUT2D eigenvalue weighted by molar-refractivity contribution is -0.220. The molecule has 59 heavy (non-hydrogen) atoms. The number of hydrogen-bond donors (Lipinski definition) is 6. The highest BCUT2D eigenvalue weighted by Gasteiger charge is 2.51. The van der Waals surface area contributed by atoms with E-state index < -0.39 is 75.7 Å². The second kappa shape index (κ2) is 35.2. The van der Waals surface area contributed by atoms with Crippen molar-refractivity contribution in [2.75, 3.05) is 13.2 Å². The number of aliphatic hydroxyl groups excluding tert-OH is 5. The summed E-state index contributed by atoms with van der Waals surface area (Å²) < 4.78 is 33.4. The first-order valence-electron chi connectivity index (χ1n) is 22.1. The highest BCUT2D eigenvalue weighted by Crippen LogP contribution is 2.47. The van der Waals surface area contributed by atoms with Gasteiger partial charge in [-0.25, -0.2) is 4.57 Å². The van der Waals surface area contributed by atoms with Gasteiger partial charge in [0.15, 0.2) is 6.10 Å². The van der Waals surface area contributed by atoms with Crippen LogP contribution in [0.2, 0.25) is 0 Å². The van der Waals surface area contributed by atoms with Crippen LogP contribution in [0.25, 0.3) is 0 Å². The number of esters is 2. The first-order valence-corrected chi connectivity index (χ1v) is 23.6. The molecule has 0 aromatic carbocycles. The molecule has 1 fully saturated rings. The summed E-state index contributed by atoms with van der Waals surface area (Å²) in [5.41, 5.74) is 0. The summed E-state index contributed by atoms with van der Waals surface area (Å²) in [6.45, 7) is 3.10. The number of aliphatic hydroxyl groups is 5. The van der Waals surface area contributed by atoms with Crippen LogP contribution in [0, 0.1) is 0 Å². The monoisotopic (exact) mass is 857 g/mol. The zero-order valence-corrected chi connectivity index (χ0v) is 36.7. The molecule has 340 valence electrons. The van der Waals surface area contributed by atoms with E-state index in [0.717, 1.165) is 57.8 Å². The van der Waals surface area contributed by atoms with Crippen LogP contribution in [0.5, 0.6) is 0 Å². The normalized spacial score (nSPS) is 22.9. The van der Waals surface area contributed by atoms with Gasteiger partial charge in [0.1, 0.15) is 43.2 Å². The third-order valence-corrected chi connectivity index (χ3v) is 10.9. The fraction of sp³-hybridized carbons (Fsp3) is 0.733. The molecule has 7 unspecified atom stereocenters. The van der Waals surface area contributed by atoms with Crippen LogP contribution in [0.1, 0.15) is 155 Å². The SMILES string of the molecule is CC/C=C/C=C/C=C/C=C/CCCCCC(=O)OC(COC(=O)CCCCCCCCC/C=C/CCCCCCCC)COP(=O)(O)OC1C(O)C(O)C(O)[C@H](O)C1O. The molecule has 0 spiro atoms. The first-order chi connectivity index (χ1) is 28.4. The fourth-order valence-corrected chi connectivity index (χ4v) is 7.32.